The minimum Gasteiger partial charge on any atom is -0.376 e. The van der Waals surface area contributed by atoms with Gasteiger partial charge in [0.15, 0.2) is 0 Å². The molecule has 0 unspecified atom stereocenters. The summed E-state index contributed by atoms with van der Waals surface area (Å²) in [6, 6.07) is 18.2. The predicted molar refractivity (Wildman–Crippen MR) is 139 cm³/mol. The fraction of sp³-hybridized carbons (Fsp3) is 0.296. The first-order valence-corrected chi connectivity index (χ1v) is 13.2. The minimum atomic E-state index is -0.837. The van der Waals surface area contributed by atoms with Crippen LogP contribution < -0.4 is 5.32 Å². The van der Waals surface area contributed by atoms with Crippen LogP contribution in [0, 0.1) is 5.82 Å². The second-order valence-electron chi connectivity index (χ2n) is 8.95. The summed E-state index contributed by atoms with van der Waals surface area (Å²) in [5.41, 5.74) is 1.54. The highest BCUT2D eigenvalue weighted by atomic mass is 32.1. The molecule has 2 aromatic carbocycles. The number of halogens is 1. The molecular weight excluding hydrogens is 507 g/mol. The van der Waals surface area contributed by atoms with Crippen molar-refractivity contribution in [2.75, 3.05) is 13.2 Å². The summed E-state index contributed by atoms with van der Waals surface area (Å²) in [6.07, 6.45) is 1.55. The van der Waals surface area contributed by atoms with E-state index in [0.29, 0.717) is 18.7 Å². The quantitative estimate of drug-likeness (QED) is 0.334. The van der Waals surface area contributed by atoms with Gasteiger partial charge in [0, 0.05) is 30.1 Å². The van der Waals surface area contributed by atoms with Crippen LogP contribution >= 0.6 is 11.3 Å². The van der Waals surface area contributed by atoms with Crippen molar-refractivity contribution in [2.24, 2.45) is 0 Å². The molecule has 4 aromatic rings. The van der Waals surface area contributed by atoms with Gasteiger partial charge in [-0.1, -0.05) is 36.4 Å². The normalized spacial score (nSPS) is 15.8. The number of aromatic nitrogens is 4. The van der Waals surface area contributed by atoms with E-state index in [1.807, 2.05) is 47.8 Å². The van der Waals surface area contributed by atoms with E-state index in [0.717, 1.165) is 23.3 Å². The number of carbonyl (C=O) groups excluding carboxylic acids is 2. The van der Waals surface area contributed by atoms with Crippen LogP contribution in [0.2, 0.25) is 0 Å². The van der Waals surface area contributed by atoms with E-state index >= 15 is 0 Å². The minimum absolute atomic E-state index is 0.165. The lowest BCUT2D eigenvalue weighted by atomic mass is 10.1. The van der Waals surface area contributed by atoms with Gasteiger partial charge in [-0.3, -0.25) is 9.59 Å². The molecule has 1 aliphatic rings. The van der Waals surface area contributed by atoms with Crippen molar-refractivity contribution in [3.05, 3.63) is 88.4 Å². The Hall–Kier alpha value is -3.96. The van der Waals surface area contributed by atoms with Crippen LogP contribution in [-0.2, 0) is 27.4 Å². The summed E-state index contributed by atoms with van der Waals surface area (Å²) in [6.45, 7) is 1.02. The monoisotopic (exact) mass is 534 g/mol. The largest absolute Gasteiger partial charge is 0.376 e. The molecule has 1 saturated heterocycles. The van der Waals surface area contributed by atoms with E-state index in [1.54, 1.807) is 17.0 Å². The molecule has 1 aliphatic heterocycles. The molecule has 38 heavy (non-hydrogen) atoms. The number of rotatable bonds is 10. The topological polar surface area (TPSA) is 102 Å². The van der Waals surface area contributed by atoms with E-state index in [1.165, 1.54) is 28.3 Å². The Bertz CT molecular complexity index is 1340. The fourth-order valence-corrected chi connectivity index (χ4v) is 5.18. The van der Waals surface area contributed by atoms with Crippen molar-refractivity contribution in [2.45, 2.75) is 38.1 Å². The zero-order valence-corrected chi connectivity index (χ0v) is 21.4. The number of nitrogens with zero attached hydrogens (tertiary/aromatic N) is 5. The number of hydrogen-bond acceptors (Lipinski definition) is 7. The molecule has 0 bridgehead atoms. The maximum atomic E-state index is 13.7. The van der Waals surface area contributed by atoms with Gasteiger partial charge in [-0.15, -0.1) is 21.5 Å². The van der Waals surface area contributed by atoms with E-state index in [4.69, 9.17) is 4.74 Å². The Morgan fingerprint density at radius 1 is 1.13 bits per heavy atom. The molecule has 1 fully saturated rings. The number of carbonyl (C=O) groups is 2. The van der Waals surface area contributed by atoms with Gasteiger partial charge in [-0.05, 0) is 59.3 Å². The van der Waals surface area contributed by atoms with Crippen LogP contribution in [-0.4, -0.2) is 56.2 Å². The third-order valence-corrected chi connectivity index (χ3v) is 7.18. The average Bonchev–Trinajstić information content (AvgIpc) is 3.72. The maximum absolute atomic E-state index is 13.7. The van der Waals surface area contributed by atoms with Gasteiger partial charge >= 0.3 is 0 Å². The van der Waals surface area contributed by atoms with Crippen LogP contribution in [0.15, 0.2) is 72.1 Å². The van der Waals surface area contributed by atoms with Gasteiger partial charge in [-0.25, -0.2) is 4.39 Å². The third kappa shape index (κ3) is 6.29. The molecule has 9 nitrogen and oxygen atoms in total. The zero-order chi connectivity index (χ0) is 26.3. The molecule has 0 aliphatic carbocycles. The standard InChI is InChI=1S/C27H27FN6O3S/c28-21-12-10-20(11-13-21)26-30-32-34(31-26)18-24(35)33(17-22-8-4-14-37-22)25(23-9-5-15-38-23)27(36)29-16-19-6-2-1-3-7-19/h1-3,5-7,9-13,15,22,25H,4,8,14,16-18H2,(H,29,36)/t22-,25+/m1/s1. The molecule has 0 spiro atoms. The van der Waals surface area contributed by atoms with Crippen molar-refractivity contribution in [3.63, 3.8) is 0 Å². The van der Waals surface area contributed by atoms with Crippen LogP contribution in [0.4, 0.5) is 4.39 Å². The first-order valence-electron chi connectivity index (χ1n) is 12.4. The first kappa shape index (κ1) is 25.7. The molecule has 0 saturated carbocycles. The van der Waals surface area contributed by atoms with Crippen molar-refractivity contribution in [1.82, 2.24) is 30.4 Å². The molecule has 3 heterocycles. The van der Waals surface area contributed by atoms with Crippen molar-refractivity contribution in [1.29, 1.82) is 0 Å². The van der Waals surface area contributed by atoms with E-state index < -0.39 is 6.04 Å². The van der Waals surface area contributed by atoms with Crippen molar-refractivity contribution in [3.8, 4) is 11.4 Å². The molecule has 11 heteroatoms. The second kappa shape index (κ2) is 12.1. The highest BCUT2D eigenvalue weighted by Gasteiger charge is 2.35. The Balaban J connectivity index is 1.38. The number of ether oxygens (including phenoxy) is 1. The number of tetrazole rings is 1. The smallest absolute Gasteiger partial charge is 0.248 e. The lowest BCUT2D eigenvalue weighted by Gasteiger charge is -2.32. The lowest BCUT2D eigenvalue weighted by Crippen LogP contribution is -2.47. The van der Waals surface area contributed by atoms with Crippen molar-refractivity contribution < 1.29 is 18.7 Å². The highest BCUT2D eigenvalue weighted by Crippen LogP contribution is 2.28. The predicted octanol–water partition coefficient (Wildman–Crippen LogP) is 3.61. The van der Waals surface area contributed by atoms with Crippen molar-refractivity contribution >= 4 is 23.2 Å². The lowest BCUT2D eigenvalue weighted by molar-refractivity contribution is -0.143. The van der Waals surface area contributed by atoms with Crippen LogP contribution in [0.1, 0.15) is 29.3 Å². The summed E-state index contributed by atoms with van der Waals surface area (Å²) in [5.74, 6) is -0.705. The Morgan fingerprint density at radius 2 is 1.95 bits per heavy atom. The highest BCUT2D eigenvalue weighted by molar-refractivity contribution is 7.10. The second-order valence-corrected chi connectivity index (χ2v) is 9.93. The van der Waals surface area contributed by atoms with Gasteiger partial charge in [0.05, 0.1) is 6.10 Å². The average molecular weight is 535 g/mol. The summed E-state index contributed by atoms with van der Waals surface area (Å²) >= 11 is 1.42. The van der Waals surface area contributed by atoms with Gasteiger partial charge < -0.3 is 15.0 Å². The van der Waals surface area contributed by atoms with Gasteiger partial charge in [-0.2, -0.15) is 4.80 Å². The summed E-state index contributed by atoms with van der Waals surface area (Å²) < 4.78 is 19.1. The number of nitrogens with one attached hydrogen (secondary N) is 1. The number of amides is 2. The molecule has 0 radical (unpaired) electrons. The molecular formula is C27H27FN6O3S. The molecule has 2 amide bonds. The molecule has 196 valence electrons. The summed E-state index contributed by atoms with van der Waals surface area (Å²) in [4.78, 5) is 30.8. The third-order valence-electron chi connectivity index (χ3n) is 6.26. The number of hydrogen-bond donors (Lipinski definition) is 1. The maximum Gasteiger partial charge on any atom is 0.248 e. The molecule has 5 rings (SSSR count). The van der Waals surface area contributed by atoms with Crippen LogP contribution in [0.25, 0.3) is 11.4 Å². The Labute approximate surface area is 223 Å². The number of thiophene rings is 1. The van der Waals surface area contributed by atoms with E-state index in [-0.39, 0.29) is 42.6 Å². The first-order chi connectivity index (χ1) is 18.6. The molecule has 2 atom stereocenters. The number of benzene rings is 2. The SMILES string of the molecule is O=C(NCc1ccccc1)[C@H](c1cccs1)N(C[C@H]1CCCO1)C(=O)Cn1nnc(-c2ccc(F)cc2)n1. The molecule has 2 aromatic heterocycles. The fourth-order valence-electron chi connectivity index (χ4n) is 4.35. The van der Waals surface area contributed by atoms with Crippen LogP contribution in [0.3, 0.4) is 0 Å². The van der Waals surface area contributed by atoms with E-state index in [2.05, 4.69) is 20.7 Å². The van der Waals surface area contributed by atoms with Crippen LogP contribution in [0.5, 0.6) is 0 Å². The van der Waals surface area contributed by atoms with Gasteiger partial charge in [0.25, 0.3) is 0 Å². The van der Waals surface area contributed by atoms with E-state index in [9.17, 15) is 14.0 Å². The molecule has 1 N–H and O–H groups in total. The Kier molecular flexibility index (Phi) is 8.15. The summed E-state index contributed by atoms with van der Waals surface area (Å²) in [7, 11) is 0. The zero-order valence-electron chi connectivity index (χ0n) is 20.6. The Morgan fingerprint density at radius 3 is 2.66 bits per heavy atom. The van der Waals surface area contributed by atoms with Gasteiger partial charge in [0.1, 0.15) is 18.4 Å². The summed E-state index contributed by atoms with van der Waals surface area (Å²) in [5, 5.41) is 17.2. The van der Waals surface area contributed by atoms with Gasteiger partial charge in [0.2, 0.25) is 17.6 Å².